The topological polar surface area (TPSA) is 55.8 Å². The zero-order chi connectivity index (χ0) is 16.6. The molecule has 1 aromatic rings. The van der Waals surface area contributed by atoms with Gasteiger partial charge in [-0.15, -0.1) is 11.8 Å². The number of carbonyl (C=O) groups is 2. The molecule has 1 amide bonds. The highest BCUT2D eigenvalue weighted by atomic mass is 32.2. The minimum atomic E-state index is -0.661. The first-order valence-electron chi connectivity index (χ1n) is 7.23. The summed E-state index contributed by atoms with van der Waals surface area (Å²) in [4.78, 5) is 26.4. The lowest BCUT2D eigenvalue weighted by Gasteiger charge is -2.24. The average molecular weight is 337 g/mol. The molecule has 0 saturated carbocycles. The molecule has 2 aliphatic rings. The molecule has 0 radical (unpaired) electrons. The number of carbonyl (C=O) groups excluding carboxylic acids is 2. The molecule has 122 valence electrons. The molecule has 7 heteroatoms. The Labute approximate surface area is 137 Å². The maximum absolute atomic E-state index is 13.1. The van der Waals surface area contributed by atoms with Crippen LogP contribution in [-0.4, -0.2) is 42.3 Å². The van der Waals surface area contributed by atoms with Crippen molar-refractivity contribution in [3.05, 3.63) is 47.0 Å². The predicted molar refractivity (Wildman–Crippen MR) is 82.9 cm³/mol. The second-order valence-corrected chi connectivity index (χ2v) is 6.24. The summed E-state index contributed by atoms with van der Waals surface area (Å²) >= 11 is 1.56. The zero-order valence-corrected chi connectivity index (χ0v) is 13.6. The summed E-state index contributed by atoms with van der Waals surface area (Å²) in [6.45, 7) is 1.87. The summed E-state index contributed by atoms with van der Waals surface area (Å²) < 4.78 is 23.4. The highest BCUT2D eigenvalue weighted by Gasteiger charge is 2.51. The van der Waals surface area contributed by atoms with Crippen molar-refractivity contribution in [2.24, 2.45) is 0 Å². The van der Waals surface area contributed by atoms with E-state index in [-0.39, 0.29) is 29.4 Å². The number of nitrogens with zero attached hydrogens (tertiary/aromatic N) is 1. The Bertz CT molecular complexity index is 673. The van der Waals surface area contributed by atoms with E-state index in [4.69, 9.17) is 9.47 Å². The molecule has 0 spiro atoms. The van der Waals surface area contributed by atoms with Crippen LogP contribution in [0.1, 0.15) is 17.9 Å². The van der Waals surface area contributed by atoms with Crippen LogP contribution in [0, 0.1) is 5.82 Å². The van der Waals surface area contributed by atoms with E-state index in [1.54, 1.807) is 35.7 Å². The number of hydrogen-bond donors (Lipinski definition) is 0. The molecular formula is C16H16FNO4S. The van der Waals surface area contributed by atoms with Gasteiger partial charge in [0.25, 0.3) is 5.91 Å². The number of fused-ring (bicyclic) bond motifs is 1. The third-order valence-corrected chi connectivity index (χ3v) is 5.18. The third kappa shape index (κ3) is 2.59. The van der Waals surface area contributed by atoms with Crippen LogP contribution in [-0.2, 0) is 19.1 Å². The lowest BCUT2D eigenvalue weighted by molar-refractivity contribution is -0.141. The van der Waals surface area contributed by atoms with Crippen LogP contribution in [0.3, 0.4) is 0 Å². The van der Waals surface area contributed by atoms with Gasteiger partial charge in [0, 0.05) is 5.75 Å². The number of esters is 1. The first-order chi connectivity index (χ1) is 11.1. The van der Waals surface area contributed by atoms with E-state index < -0.39 is 11.9 Å². The largest absolute Gasteiger partial charge is 0.498 e. The Hall–Kier alpha value is -2.02. The van der Waals surface area contributed by atoms with Gasteiger partial charge in [-0.25, -0.2) is 9.18 Å². The highest BCUT2D eigenvalue weighted by molar-refractivity contribution is 7.99. The molecule has 0 bridgehead atoms. The van der Waals surface area contributed by atoms with Crippen LogP contribution in [0.15, 0.2) is 35.6 Å². The molecule has 5 nitrogen and oxygen atoms in total. The number of thioether (sulfide) groups is 1. The van der Waals surface area contributed by atoms with E-state index in [9.17, 15) is 14.0 Å². The number of methoxy groups -OCH3 is 1. The van der Waals surface area contributed by atoms with Gasteiger partial charge in [0.05, 0.1) is 13.7 Å². The summed E-state index contributed by atoms with van der Waals surface area (Å²) in [6.07, 6.45) is 0. The van der Waals surface area contributed by atoms with Gasteiger partial charge in [0.1, 0.15) is 23.0 Å². The van der Waals surface area contributed by atoms with Gasteiger partial charge in [-0.05, 0) is 24.6 Å². The number of amides is 1. The molecule has 2 aliphatic heterocycles. The van der Waals surface area contributed by atoms with E-state index in [1.807, 2.05) is 0 Å². The third-order valence-electron chi connectivity index (χ3n) is 3.85. The van der Waals surface area contributed by atoms with Crippen LogP contribution in [0.4, 0.5) is 4.39 Å². The van der Waals surface area contributed by atoms with Crippen LogP contribution < -0.4 is 0 Å². The summed E-state index contributed by atoms with van der Waals surface area (Å²) in [5.74, 6) is -0.425. The van der Waals surface area contributed by atoms with Crippen molar-refractivity contribution in [3.8, 4) is 0 Å². The number of benzene rings is 1. The van der Waals surface area contributed by atoms with Crippen molar-refractivity contribution in [1.29, 1.82) is 0 Å². The summed E-state index contributed by atoms with van der Waals surface area (Å²) in [6, 6.07) is 5.73. The SMILES string of the molecule is CCOC(=O)C1=C(OC)C2CS[C@@H](c3ccc(F)cc3)N2C1=O. The molecule has 1 saturated heterocycles. The molecule has 0 aliphatic carbocycles. The van der Waals surface area contributed by atoms with E-state index in [1.165, 1.54) is 19.2 Å². The standard InChI is InChI=1S/C16H16FNO4S/c1-3-22-16(20)12-13(21-2)11-8-23-15(18(11)14(12)19)9-4-6-10(17)7-5-9/h4-7,11,15H,3,8H2,1-2H3/t11?,15-/m0/s1. The van der Waals surface area contributed by atoms with E-state index in [0.717, 1.165) is 5.56 Å². The highest BCUT2D eigenvalue weighted by Crippen LogP contribution is 2.48. The molecule has 1 fully saturated rings. The Morgan fingerprint density at radius 3 is 2.70 bits per heavy atom. The normalized spacial score (nSPS) is 23.3. The number of ether oxygens (including phenoxy) is 2. The summed E-state index contributed by atoms with van der Waals surface area (Å²) in [7, 11) is 1.45. The molecule has 2 heterocycles. The van der Waals surface area contributed by atoms with Crippen LogP contribution in [0.25, 0.3) is 0 Å². The predicted octanol–water partition coefficient (Wildman–Crippen LogP) is 2.25. The van der Waals surface area contributed by atoms with E-state index >= 15 is 0 Å². The lowest BCUT2D eigenvalue weighted by Crippen LogP contribution is -2.34. The van der Waals surface area contributed by atoms with Crippen molar-refractivity contribution in [2.45, 2.75) is 18.3 Å². The maximum atomic E-state index is 13.1. The summed E-state index contributed by atoms with van der Waals surface area (Å²) in [5.41, 5.74) is 0.777. The van der Waals surface area contributed by atoms with Gasteiger partial charge in [0.15, 0.2) is 5.57 Å². The molecule has 2 atom stereocenters. The van der Waals surface area contributed by atoms with Gasteiger partial charge in [0.2, 0.25) is 0 Å². The van der Waals surface area contributed by atoms with Crippen molar-refractivity contribution in [1.82, 2.24) is 4.90 Å². The van der Waals surface area contributed by atoms with Crippen molar-refractivity contribution >= 4 is 23.6 Å². The zero-order valence-electron chi connectivity index (χ0n) is 12.7. The van der Waals surface area contributed by atoms with Gasteiger partial charge < -0.3 is 14.4 Å². The molecular weight excluding hydrogens is 321 g/mol. The lowest BCUT2D eigenvalue weighted by atomic mass is 10.2. The monoisotopic (exact) mass is 337 g/mol. The van der Waals surface area contributed by atoms with Gasteiger partial charge in [-0.3, -0.25) is 4.79 Å². The molecule has 23 heavy (non-hydrogen) atoms. The van der Waals surface area contributed by atoms with Gasteiger partial charge >= 0.3 is 5.97 Å². The fourth-order valence-corrected chi connectivity index (χ4v) is 4.30. The van der Waals surface area contributed by atoms with E-state index in [2.05, 4.69) is 0 Å². The Kier molecular flexibility index (Phi) is 4.30. The summed E-state index contributed by atoms with van der Waals surface area (Å²) in [5, 5.41) is -0.273. The smallest absolute Gasteiger partial charge is 0.347 e. The fraction of sp³-hybridized carbons (Fsp3) is 0.375. The number of halogens is 1. The first kappa shape index (κ1) is 15.9. The van der Waals surface area contributed by atoms with Crippen molar-refractivity contribution in [2.75, 3.05) is 19.5 Å². The van der Waals surface area contributed by atoms with Crippen molar-refractivity contribution in [3.63, 3.8) is 0 Å². The first-order valence-corrected chi connectivity index (χ1v) is 8.28. The Balaban J connectivity index is 1.93. The maximum Gasteiger partial charge on any atom is 0.347 e. The Morgan fingerprint density at radius 2 is 2.09 bits per heavy atom. The molecule has 1 unspecified atom stereocenters. The molecule has 0 N–H and O–H groups in total. The van der Waals surface area contributed by atoms with Crippen LogP contribution >= 0.6 is 11.8 Å². The molecule has 1 aromatic carbocycles. The van der Waals surface area contributed by atoms with Gasteiger partial charge in [-0.2, -0.15) is 0 Å². The number of hydrogen-bond acceptors (Lipinski definition) is 5. The average Bonchev–Trinajstić information content (AvgIpc) is 3.07. The Morgan fingerprint density at radius 1 is 1.39 bits per heavy atom. The van der Waals surface area contributed by atoms with E-state index in [0.29, 0.717) is 11.5 Å². The fourth-order valence-electron chi connectivity index (χ4n) is 2.87. The van der Waals surface area contributed by atoms with Crippen LogP contribution in [0.5, 0.6) is 0 Å². The minimum Gasteiger partial charge on any atom is -0.498 e. The van der Waals surface area contributed by atoms with Crippen LogP contribution in [0.2, 0.25) is 0 Å². The number of rotatable bonds is 4. The second kappa shape index (κ2) is 6.23. The minimum absolute atomic E-state index is 0.0354. The van der Waals surface area contributed by atoms with Crippen molar-refractivity contribution < 1.29 is 23.5 Å². The molecule has 3 rings (SSSR count). The molecule has 0 aromatic heterocycles. The quantitative estimate of drug-likeness (QED) is 0.623. The second-order valence-electron chi connectivity index (χ2n) is 5.13. The van der Waals surface area contributed by atoms with Gasteiger partial charge in [-0.1, -0.05) is 12.1 Å².